The van der Waals surface area contributed by atoms with Crippen LogP contribution in [0.5, 0.6) is 5.75 Å². The van der Waals surface area contributed by atoms with Gasteiger partial charge in [-0.2, -0.15) is 0 Å². The van der Waals surface area contributed by atoms with Gasteiger partial charge in [-0.1, -0.05) is 30.3 Å². The van der Waals surface area contributed by atoms with E-state index in [0.29, 0.717) is 12.3 Å². The van der Waals surface area contributed by atoms with E-state index < -0.39 is 23.7 Å². The molecule has 0 bridgehead atoms. The number of nitrogens with one attached hydrogen (secondary N) is 2. The molecule has 218 valence electrons. The first kappa shape index (κ1) is 29.8. The number of carbonyl (C=O) groups is 3. The number of esters is 1. The maximum absolute atomic E-state index is 14.2. The van der Waals surface area contributed by atoms with Gasteiger partial charge < -0.3 is 24.7 Å². The van der Waals surface area contributed by atoms with Crippen molar-refractivity contribution in [3.63, 3.8) is 0 Å². The van der Waals surface area contributed by atoms with E-state index in [1.807, 2.05) is 49.1 Å². The average Bonchev–Trinajstić information content (AvgIpc) is 3.39. The molecule has 2 unspecified atom stereocenters. The number of aryl methyl sites for hydroxylation is 2. The number of aromatic amines is 1. The van der Waals surface area contributed by atoms with Crippen LogP contribution in [0.4, 0.5) is 4.79 Å². The minimum atomic E-state index is -0.869. The Balaban J connectivity index is 1.63. The van der Waals surface area contributed by atoms with Crippen molar-refractivity contribution in [3.05, 3.63) is 71.2 Å². The fourth-order valence-corrected chi connectivity index (χ4v) is 5.30. The van der Waals surface area contributed by atoms with Crippen molar-refractivity contribution in [1.82, 2.24) is 20.2 Å². The van der Waals surface area contributed by atoms with E-state index in [9.17, 15) is 14.4 Å². The SMILES string of the molecule is CC(=O)Oc1cc(C)c(CC(NC(=O)OC(C)(C)C)C(=O)N2CCCCC2c2ncc(-c3ccccc3)[nH]2)c(C)c1. The summed E-state index contributed by atoms with van der Waals surface area (Å²) in [4.78, 5) is 48.6. The molecule has 0 aliphatic carbocycles. The molecule has 1 saturated heterocycles. The van der Waals surface area contributed by atoms with Crippen molar-refractivity contribution >= 4 is 18.0 Å². The normalized spacial score (nSPS) is 16.1. The summed E-state index contributed by atoms with van der Waals surface area (Å²) in [7, 11) is 0. The maximum Gasteiger partial charge on any atom is 0.408 e. The van der Waals surface area contributed by atoms with E-state index in [1.54, 1.807) is 39.1 Å². The van der Waals surface area contributed by atoms with Crippen LogP contribution < -0.4 is 10.1 Å². The average molecular weight is 561 g/mol. The Bertz CT molecular complexity index is 1370. The summed E-state index contributed by atoms with van der Waals surface area (Å²) in [6.45, 7) is 11.1. The number of ether oxygens (including phenoxy) is 2. The molecule has 0 spiro atoms. The predicted octanol–water partition coefficient (Wildman–Crippen LogP) is 5.81. The molecule has 2 aromatic carbocycles. The quantitative estimate of drug-likeness (QED) is 0.279. The second-order valence-corrected chi connectivity index (χ2v) is 11.6. The topological polar surface area (TPSA) is 114 Å². The Hall–Kier alpha value is -4.14. The van der Waals surface area contributed by atoms with Crippen LogP contribution in [-0.2, 0) is 20.7 Å². The lowest BCUT2D eigenvalue weighted by Crippen LogP contribution is -2.52. The number of hydrogen-bond acceptors (Lipinski definition) is 6. The molecule has 2 N–H and O–H groups in total. The van der Waals surface area contributed by atoms with Crippen molar-refractivity contribution in [2.45, 2.75) is 84.9 Å². The lowest BCUT2D eigenvalue weighted by molar-refractivity contribution is -0.137. The molecule has 9 heteroatoms. The molecule has 2 heterocycles. The third-order valence-corrected chi connectivity index (χ3v) is 7.11. The molecule has 3 aromatic rings. The van der Waals surface area contributed by atoms with E-state index in [0.717, 1.165) is 53.0 Å². The Morgan fingerprint density at radius 1 is 1.10 bits per heavy atom. The summed E-state index contributed by atoms with van der Waals surface area (Å²) < 4.78 is 10.8. The molecule has 0 radical (unpaired) electrons. The molecule has 9 nitrogen and oxygen atoms in total. The van der Waals surface area contributed by atoms with Gasteiger partial charge in [-0.3, -0.25) is 9.59 Å². The Morgan fingerprint density at radius 3 is 2.41 bits per heavy atom. The van der Waals surface area contributed by atoms with E-state index in [2.05, 4.69) is 15.3 Å². The fourth-order valence-electron chi connectivity index (χ4n) is 5.30. The van der Waals surface area contributed by atoms with Gasteiger partial charge in [0.2, 0.25) is 5.91 Å². The van der Waals surface area contributed by atoms with Crippen LogP contribution >= 0.6 is 0 Å². The van der Waals surface area contributed by atoms with Crippen LogP contribution in [0.15, 0.2) is 48.7 Å². The first-order chi connectivity index (χ1) is 19.4. The lowest BCUT2D eigenvalue weighted by atomic mass is 9.94. The number of benzene rings is 2. The second kappa shape index (κ2) is 12.6. The van der Waals surface area contributed by atoms with E-state index in [-0.39, 0.29) is 18.4 Å². The van der Waals surface area contributed by atoms with Crippen molar-refractivity contribution in [3.8, 4) is 17.0 Å². The number of hydrogen-bond donors (Lipinski definition) is 2. The Kier molecular flexibility index (Phi) is 9.15. The summed E-state index contributed by atoms with van der Waals surface area (Å²) in [5.74, 6) is 0.579. The zero-order valence-corrected chi connectivity index (χ0v) is 24.7. The zero-order chi connectivity index (χ0) is 29.7. The summed E-state index contributed by atoms with van der Waals surface area (Å²) in [5.41, 5.74) is 3.81. The highest BCUT2D eigenvalue weighted by molar-refractivity contribution is 5.86. The molecular weight excluding hydrogens is 520 g/mol. The van der Waals surface area contributed by atoms with Crippen LogP contribution in [0, 0.1) is 13.8 Å². The van der Waals surface area contributed by atoms with Crippen molar-refractivity contribution in [2.75, 3.05) is 6.54 Å². The number of alkyl carbamates (subject to hydrolysis) is 1. The number of carbonyl (C=O) groups excluding carboxylic acids is 3. The molecule has 2 atom stereocenters. The Morgan fingerprint density at radius 2 is 1.78 bits per heavy atom. The number of piperidine rings is 1. The van der Waals surface area contributed by atoms with Crippen molar-refractivity contribution in [1.29, 1.82) is 0 Å². The number of likely N-dealkylation sites (tertiary alicyclic amines) is 1. The third kappa shape index (κ3) is 7.74. The van der Waals surface area contributed by atoms with Gasteiger partial charge in [0, 0.05) is 19.9 Å². The van der Waals surface area contributed by atoms with Crippen LogP contribution in [0.2, 0.25) is 0 Å². The first-order valence-electron chi connectivity index (χ1n) is 14.1. The molecule has 0 saturated carbocycles. The summed E-state index contributed by atoms with van der Waals surface area (Å²) in [5, 5.41) is 2.86. The van der Waals surface area contributed by atoms with Gasteiger partial charge in [-0.25, -0.2) is 9.78 Å². The molecule has 41 heavy (non-hydrogen) atoms. The summed E-state index contributed by atoms with van der Waals surface area (Å²) in [6.07, 6.45) is 4.00. The maximum atomic E-state index is 14.2. The van der Waals surface area contributed by atoms with E-state index >= 15 is 0 Å². The second-order valence-electron chi connectivity index (χ2n) is 11.6. The van der Waals surface area contributed by atoms with Gasteiger partial charge in [0.25, 0.3) is 0 Å². The number of rotatable bonds is 7. The number of H-pyrrole nitrogens is 1. The molecule has 2 amide bonds. The third-order valence-electron chi connectivity index (χ3n) is 7.11. The predicted molar refractivity (Wildman–Crippen MR) is 156 cm³/mol. The van der Waals surface area contributed by atoms with Gasteiger partial charge in [0.1, 0.15) is 23.2 Å². The summed E-state index contributed by atoms with van der Waals surface area (Å²) >= 11 is 0. The van der Waals surface area contributed by atoms with Gasteiger partial charge in [-0.15, -0.1) is 0 Å². The highest BCUT2D eigenvalue weighted by atomic mass is 16.6. The van der Waals surface area contributed by atoms with Gasteiger partial charge >= 0.3 is 12.1 Å². The smallest absolute Gasteiger partial charge is 0.408 e. The molecule has 1 fully saturated rings. The Labute approximate surface area is 241 Å². The van der Waals surface area contributed by atoms with Gasteiger partial charge in [0.15, 0.2) is 0 Å². The van der Waals surface area contributed by atoms with Crippen LogP contribution in [0.1, 0.15) is 75.5 Å². The molecule has 1 aromatic heterocycles. The van der Waals surface area contributed by atoms with E-state index in [1.165, 1.54) is 6.92 Å². The molecular formula is C32H40N4O5. The number of nitrogens with zero attached hydrogens (tertiary/aromatic N) is 2. The van der Waals surface area contributed by atoms with Crippen LogP contribution in [-0.4, -0.2) is 51.0 Å². The molecule has 4 rings (SSSR count). The minimum absolute atomic E-state index is 0.193. The summed E-state index contributed by atoms with van der Waals surface area (Å²) in [6, 6.07) is 12.4. The standard InChI is InChI=1S/C32H40N4O5/c1-20-16-24(40-22(3)37)17-21(2)25(20)18-26(35-31(39)41-32(4,5)6)30(38)36-15-11-10-14-28(36)29-33-19-27(34-29)23-12-8-7-9-13-23/h7-9,12-13,16-17,19,26,28H,10-11,14-15,18H2,1-6H3,(H,33,34)(H,35,39). The largest absolute Gasteiger partial charge is 0.444 e. The van der Waals surface area contributed by atoms with Crippen LogP contribution in [0.3, 0.4) is 0 Å². The van der Waals surface area contributed by atoms with E-state index in [4.69, 9.17) is 9.47 Å². The highest BCUT2D eigenvalue weighted by Gasteiger charge is 2.36. The monoisotopic (exact) mass is 560 g/mol. The zero-order valence-electron chi connectivity index (χ0n) is 24.7. The molecule has 1 aliphatic heterocycles. The number of aromatic nitrogens is 2. The molecule has 1 aliphatic rings. The number of imidazole rings is 1. The van der Waals surface area contributed by atoms with Crippen molar-refractivity contribution in [2.24, 2.45) is 0 Å². The van der Waals surface area contributed by atoms with Crippen LogP contribution in [0.25, 0.3) is 11.3 Å². The number of amides is 2. The minimum Gasteiger partial charge on any atom is -0.444 e. The highest BCUT2D eigenvalue weighted by Crippen LogP contribution is 2.32. The fraction of sp³-hybridized carbons (Fsp3) is 0.438. The van der Waals surface area contributed by atoms with Crippen molar-refractivity contribution < 1.29 is 23.9 Å². The van der Waals surface area contributed by atoms with Gasteiger partial charge in [-0.05, 0) is 88.3 Å². The lowest BCUT2D eigenvalue weighted by Gasteiger charge is -2.37. The van der Waals surface area contributed by atoms with Gasteiger partial charge in [0.05, 0.1) is 17.9 Å². The first-order valence-corrected chi connectivity index (χ1v) is 14.1.